The predicted octanol–water partition coefficient (Wildman–Crippen LogP) is 3.76. The molecule has 1 aliphatic carbocycles. The first-order chi connectivity index (χ1) is 9.05. The maximum Gasteiger partial charge on any atom is 0.309 e. The molecule has 1 aromatic rings. The molecule has 0 heterocycles. The maximum absolute atomic E-state index is 13.6. The second-order valence-corrected chi connectivity index (χ2v) is 5.68. The topological polar surface area (TPSA) is 26.3 Å². The monoisotopic (exact) mass is 264 g/mol. The Hall–Kier alpha value is -1.38. The molecule has 0 N–H and O–H groups in total. The summed E-state index contributed by atoms with van der Waals surface area (Å²) in [6.07, 6.45) is 5.93. The zero-order valence-corrected chi connectivity index (χ0v) is 11.7. The molecule has 3 heteroatoms. The number of hydrogen-bond donors (Lipinski definition) is 0. The number of carbonyl (C=O) groups excluding carboxylic acids is 1. The second-order valence-electron chi connectivity index (χ2n) is 5.68. The molecule has 19 heavy (non-hydrogen) atoms. The smallest absolute Gasteiger partial charge is 0.309 e. The summed E-state index contributed by atoms with van der Waals surface area (Å²) in [4.78, 5) is 11.5. The van der Waals surface area contributed by atoms with Gasteiger partial charge >= 0.3 is 5.97 Å². The average Bonchev–Trinajstić information content (AvgIpc) is 2.41. The summed E-state index contributed by atoms with van der Waals surface area (Å²) in [5, 5.41) is 0. The van der Waals surface area contributed by atoms with Crippen LogP contribution in [0.4, 0.5) is 4.39 Å². The van der Waals surface area contributed by atoms with Crippen LogP contribution in [-0.4, -0.2) is 13.1 Å². The number of halogens is 1. The number of ether oxygens (including phenoxy) is 1. The Kier molecular flexibility index (Phi) is 4.23. The van der Waals surface area contributed by atoms with Crippen LogP contribution in [0.2, 0.25) is 0 Å². The lowest BCUT2D eigenvalue weighted by Gasteiger charge is -2.35. The van der Waals surface area contributed by atoms with Gasteiger partial charge < -0.3 is 4.74 Å². The zero-order chi connectivity index (χ0) is 13.9. The quantitative estimate of drug-likeness (QED) is 0.777. The van der Waals surface area contributed by atoms with Crippen LogP contribution >= 0.6 is 0 Å². The third-order valence-electron chi connectivity index (χ3n) is 4.24. The highest BCUT2D eigenvalue weighted by atomic mass is 19.1. The molecular formula is C16H21FO2. The molecule has 0 aromatic heterocycles. The summed E-state index contributed by atoms with van der Waals surface area (Å²) in [7, 11) is 1.38. The van der Waals surface area contributed by atoms with Crippen molar-refractivity contribution >= 4 is 5.97 Å². The van der Waals surface area contributed by atoms with Crippen molar-refractivity contribution in [3.8, 4) is 0 Å². The summed E-state index contributed by atoms with van der Waals surface area (Å²) >= 11 is 0. The third-order valence-corrected chi connectivity index (χ3v) is 4.24. The van der Waals surface area contributed by atoms with Crippen LogP contribution in [0.25, 0.3) is 0 Å². The number of hydrogen-bond acceptors (Lipinski definition) is 2. The number of esters is 1. The van der Waals surface area contributed by atoms with E-state index in [1.54, 1.807) is 12.1 Å². The molecule has 0 spiro atoms. The van der Waals surface area contributed by atoms with Crippen LogP contribution in [0.3, 0.4) is 0 Å². The van der Waals surface area contributed by atoms with E-state index in [0.717, 1.165) is 24.0 Å². The van der Waals surface area contributed by atoms with Gasteiger partial charge in [0.25, 0.3) is 0 Å². The van der Waals surface area contributed by atoms with Crippen molar-refractivity contribution in [3.63, 3.8) is 0 Å². The van der Waals surface area contributed by atoms with Crippen molar-refractivity contribution in [1.82, 2.24) is 0 Å². The highest BCUT2D eigenvalue weighted by Crippen LogP contribution is 2.40. The molecule has 0 bridgehead atoms. The largest absolute Gasteiger partial charge is 0.469 e. The van der Waals surface area contributed by atoms with Gasteiger partial charge in [0.1, 0.15) is 5.82 Å². The molecule has 2 nitrogen and oxygen atoms in total. The lowest BCUT2D eigenvalue weighted by atomic mass is 9.69. The fraction of sp³-hybridized carbons (Fsp3) is 0.562. The van der Waals surface area contributed by atoms with E-state index in [-0.39, 0.29) is 23.6 Å². The van der Waals surface area contributed by atoms with E-state index in [1.165, 1.54) is 32.4 Å². The van der Waals surface area contributed by atoms with E-state index in [4.69, 9.17) is 4.74 Å². The van der Waals surface area contributed by atoms with Gasteiger partial charge in [0, 0.05) is 0 Å². The van der Waals surface area contributed by atoms with Gasteiger partial charge in [-0.05, 0) is 41.5 Å². The van der Waals surface area contributed by atoms with E-state index < -0.39 is 0 Å². The van der Waals surface area contributed by atoms with Gasteiger partial charge in [-0.1, -0.05) is 32.3 Å². The van der Waals surface area contributed by atoms with Crippen LogP contribution in [0, 0.1) is 5.82 Å². The summed E-state index contributed by atoms with van der Waals surface area (Å²) in [6.45, 7) is 2.18. The first-order valence-electron chi connectivity index (χ1n) is 6.91. The molecule has 1 fully saturated rings. The van der Waals surface area contributed by atoms with E-state index in [1.807, 2.05) is 0 Å². The van der Waals surface area contributed by atoms with Crippen molar-refractivity contribution in [2.75, 3.05) is 7.11 Å². The third kappa shape index (κ3) is 3.14. The highest BCUT2D eigenvalue weighted by Gasteiger charge is 2.31. The Labute approximate surface area is 114 Å². The fourth-order valence-electron chi connectivity index (χ4n) is 3.09. The second kappa shape index (κ2) is 5.72. The zero-order valence-electron chi connectivity index (χ0n) is 11.7. The van der Waals surface area contributed by atoms with Crippen molar-refractivity contribution in [2.45, 2.75) is 50.9 Å². The van der Waals surface area contributed by atoms with Gasteiger partial charge in [0.15, 0.2) is 0 Å². The van der Waals surface area contributed by atoms with Crippen LogP contribution in [0.1, 0.15) is 50.2 Å². The summed E-state index contributed by atoms with van der Waals surface area (Å²) in [6, 6.07) is 4.75. The van der Waals surface area contributed by atoms with Crippen LogP contribution in [-0.2, 0) is 21.4 Å². The number of rotatable bonds is 3. The molecule has 0 unspecified atom stereocenters. The van der Waals surface area contributed by atoms with Crippen molar-refractivity contribution in [2.24, 2.45) is 0 Å². The van der Waals surface area contributed by atoms with Gasteiger partial charge in [-0.2, -0.15) is 0 Å². The van der Waals surface area contributed by atoms with Crippen LogP contribution in [0.5, 0.6) is 0 Å². The first kappa shape index (κ1) is 14.0. The summed E-state index contributed by atoms with van der Waals surface area (Å²) in [5.41, 5.74) is 1.87. The van der Waals surface area contributed by atoms with Gasteiger partial charge in [0.05, 0.1) is 13.5 Å². The minimum atomic E-state index is -0.271. The highest BCUT2D eigenvalue weighted by molar-refractivity contribution is 5.73. The standard InChI is InChI=1S/C16H21FO2/c1-16(8-4-3-5-9-16)14-11-13(17)7-6-12(14)10-15(18)19-2/h6-7,11H,3-5,8-10H2,1-2H3. The molecule has 1 saturated carbocycles. The first-order valence-corrected chi connectivity index (χ1v) is 6.91. The molecule has 0 radical (unpaired) electrons. The molecule has 0 saturated heterocycles. The van der Waals surface area contributed by atoms with Gasteiger partial charge in [0.2, 0.25) is 0 Å². The average molecular weight is 264 g/mol. The van der Waals surface area contributed by atoms with Gasteiger partial charge in [-0.3, -0.25) is 4.79 Å². The Morgan fingerprint density at radius 3 is 2.63 bits per heavy atom. The SMILES string of the molecule is COC(=O)Cc1ccc(F)cc1C1(C)CCCCC1. The van der Waals surface area contributed by atoms with Crippen molar-refractivity contribution < 1.29 is 13.9 Å². The van der Waals surface area contributed by atoms with E-state index >= 15 is 0 Å². The van der Waals surface area contributed by atoms with Gasteiger partial charge in [-0.25, -0.2) is 4.39 Å². The van der Waals surface area contributed by atoms with E-state index in [9.17, 15) is 9.18 Å². The number of methoxy groups -OCH3 is 1. The minimum absolute atomic E-state index is 0.0102. The molecular weight excluding hydrogens is 243 g/mol. The number of carbonyl (C=O) groups is 1. The molecule has 0 aliphatic heterocycles. The Bertz CT molecular complexity index is 462. The minimum Gasteiger partial charge on any atom is -0.469 e. The number of benzene rings is 1. The van der Waals surface area contributed by atoms with E-state index in [0.29, 0.717) is 0 Å². The van der Waals surface area contributed by atoms with Crippen molar-refractivity contribution in [3.05, 3.63) is 35.1 Å². The Morgan fingerprint density at radius 1 is 1.32 bits per heavy atom. The van der Waals surface area contributed by atoms with Crippen molar-refractivity contribution in [1.29, 1.82) is 0 Å². The normalized spacial score (nSPS) is 18.1. The lowest BCUT2D eigenvalue weighted by molar-refractivity contribution is -0.139. The lowest BCUT2D eigenvalue weighted by Crippen LogP contribution is -2.27. The summed E-state index contributed by atoms with van der Waals surface area (Å²) < 4.78 is 18.3. The predicted molar refractivity (Wildman–Crippen MR) is 72.6 cm³/mol. The maximum atomic E-state index is 13.6. The molecule has 2 rings (SSSR count). The molecule has 1 aromatic carbocycles. The Balaban J connectivity index is 2.36. The molecule has 1 aliphatic rings. The fourth-order valence-corrected chi connectivity index (χ4v) is 3.09. The van der Waals surface area contributed by atoms with Crippen LogP contribution < -0.4 is 0 Å². The van der Waals surface area contributed by atoms with Gasteiger partial charge in [-0.15, -0.1) is 0 Å². The Morgan fingerprint density at radius 2 is 2.00 bits per heavy atom. The molecule has 0 atom stereocenters. The van der Waals surface area contributed by atoms with E-state index in [2.05, 4.69) is 6.92 Å². The summed E-state index contributed by atoms with van der Waals surface area (Å²) in [5.74, 6) is -0.498. The molecule has 104 valence electrons. The molecule has 0 amide bonds. The van der Waals surface area contributed by atoms with Crippen LogP contribution in [0.15, 0.2) is 18.2 Å².